The smallest absolute Gasteiger partial charge is 0.225 e. The van der Waals surface area contributed by atoms with Gasteiger partial charge in [-0.1, -0.05) is 11.6 Å². The van der Waals surface area contributed by atoms with E-state index in [-0.39, 0.29) is 11.9 Å². The van der Waals surface area contributed by atoms with E-state index < -0.39 is 0 Å². The minimum Gasteiger partial charge on any atom is -0.338 e. The number of piperidine rings is 1. The van der Waals surface area contributed by atoms with Crippen LogP contribution in [0.1, 0.15) is 19.3 Å². The first-order chi connectivity index (χ1) is 12.2. The molecule has 2 unspecified atom stereocenters. The van der Waals surface area contributed by atoms with Gasteiger partial charge in [-0.25, -0.2) is 9.97 Å². The van der Waals surface area contributed by atoms with Gasteiger partial charge in [-0.15, -0.1) is 0 Å². The van der Waals surface area contributed by atoms with Gasteiger partial charge in [-0.2, -0.15) is 5.10 Å². The molecule has 2 aromatic rings. The monoisotopic (exact) mass is 360 g/mol. The van der Waals surface area contributed by atoms with Gasteiger partial charge in [0.2, 0.25) is 11.9 Å². The summed E-state index contributed by atoms with van der Waals surface area (Å²) in [6, 6.07) is 2.06. The van der Waals surface area contributed by atoms with Crippen molar-refractivity contribution in [3.63, 3.8) is 0 Å². The first-order valence-electron chi connectivity index (χ1n) is 8.68. The second-order valence-electron chi connectivity index (χ2n) is 6.77. The third-order valence-corrected chi connectivity index (χ3v) is 5.22. The van der Waals surface area contributed by atoms with Crippen molar-refractivity contribution >= 4 is 23.5 Å². The molecule has 5 heterocycles. The van der Waals surface area contributed by atoms with Gasteiger partial charge in [0.05, 0.1) is 11.2 Å². The number of halogens is 1. The lowest BCUT2D eigenvalue weighted by Crippen LogP contribution is -2.47. The van der Waals surface area contributed by atoms with E-state index in [2.05, 4.69) is 24.9 Å². The van der Waals surface area contributed by atoms with Crippen molar-refractivity contribution in [2.24, 2.45) is 5.92 Å². The highest BCUT2D eigenvalue weighted by atomic mass is 35.5. The average molecular weight is 361 g/mol. The topological polar surface area (TPSA) is 67.2 Å². The number of hydrogen-bond donors (Lipinski definition) is 0. The SMILES string of the molecule is O=C(CCn1cc(Cl)cn1)N1CC2CCC1CN(c1ncccn1)C2. The highest BCUT2D eigenvalue weighted by molar-refractivity contribution is 6.30. The summed E-state index contributed by atoms with van der Waals surface area (Å²) in [4.78, 5) is 25.8. The molecule has 0 aromatic carbocycles. The molecule has 3 saturated heterocycles. The first-order valence-corrected chi connectivity index (χ1v) is 9.06. The van der Waals surface area contributed by atoms with Gasteiger partial charge >= 0.3 is 0 Å². The van der Waals surface area contributed by atoms with Gasteiger partial charge in [-0.3, -0.25) is 9.48 Å². The maximum absolute atomic E-state index is 12.8. The van der Waals surface area contributed by atoms with Crippen LogP contribution in [0.4, 0.5) is 5.95 Å². The van der Waals surface area contributed by atoms with Crippen molar-refractivity contribution < 1.29 is 4.79 Å². The minimum atomic E-state index is 0.192. The number of hydrogen-bond acceptors (Lipinski definition) is 5. The summed E-state index contributed by atoms with van der Waals surface area (Å²) in [5.41, 5.74) is 0. The van der Waals surface area contributed by atoms with Crippen LogP contribution in [0.2, 0.25) is 5.02 Å². The van der Waals surface area contributed by atoms with Gasteiger partial charge in [-0.05, 0) is 24.8 Å². The van der Waals surface area contributed by atoms with E-state index in [1.807, 2.05) is 6.07 Å². The Hall–Kier alpha value is -2.15. The van der Waals surface area contributed by atoms with Crippen LogP contribution >= 0.6 is 11.6 Å². The third kappa shape index (κ3) is 3.61. The fourth-order valence-corrected chi connectivity index (χ4v) is 3.98. The molecule has 0 aliphatic carbocycles. The maximum atomic E-state index is 12.8. The molecule has 2 aromatic heterocycles. The zero-order valence-corrected chi connectivity index (χ0v) is 14.7. The van der Waals surface area contributed by atoms with E-state index in [0.29, 0.717) is 23.9 Å². The molecule has 7 nitrogen and oxygen atoms in total. The second-order valence-corrected chi connectivity index (χ2v) is 7.21. The van der Waals surface area contributed by atoms with Crippen molar-refractivity contribution in [1.82, 2.24) is 24.6 Å². The molecule has 1 amide bonds. The van der Waals surface area contributed by atoms with Crippen LogP contribution in [0.25, 0.3) is 0 Å². The number of aromatic nitrogens is 4. The Labute approximate surface area is 151 Å². The molecule has 3 aliphatic heterocycles. The van der Waals surface area contributed by atoms with Crippen LogP contribution < -0.4 is 4.90 Å². The van der Waals surface area contributed by atoms with E-state index in [1.54, 1.807) is 29.5 Å². The highest BCUT2D eigenvalue weighted by Gasteiger charge is 2.37. The zero-order valence-electron chi connectivity index (χ0n) is 14.0. The van der Waals surface area contributed by atoms with Crippen molar-refractivity contribution in [2.45, 2.75) is 31.8 Å². The number of carbonyl (C=O) groups excluding carboxylic acids is 1. The van der Waals surface area contributed by atoms with Gasteiger partial charge in [0, 0.05) is 57.2 Å². The summed E-state index contributed by atoms with van der Waals surface area (Å²) >= 11 is 5.88. The second kappa shape index (κ2) is 7.00. The lowest BCUT2D eigenvalue weighted by Gasteiger charge is -2.36. The van der Waals surface area contributed by atoms with Crippen molar-refractivity contribution in [2.75, 3.05) is 24.5 Å². The Morgan fingerprint density at radius 1 is 1.20 bits per heavy atom. The van der Waals surface area contributed by atoms with Crippen LogP contribution in [0.5, 0.6) is 0 Å². The van der Waals surface area contributed by atoms with Crippen LogP contribution in [0.15, 0.2) is 30.9 Å². The molecular formula is C17H21ClN6O. The predicted octanol–water partition coefficient (Wildman–Crippen LogP) is 1.84. The molecule has 2 bridgehead atoms. The molecule has 8 heteroatoms. The Bertz CT molecular complexity index is 736. The molecule has 0 N–H and O–H groups in total. The van der Waals surface area contributed by atoms with Crippen molar-refractivity contribution in [1.29, 1.82) is 0 Å². The first kappa shape index (κ1) is 16.3. The molecule has 0 saturated carbocycles. The van der Waals surface area contributed by atoms with Crippen LogP contribution in [-0.2, 0) is 11.3 Å². The summed E-state index contributed by atoms with van der Waals surface area (Å²) in [5.74, 6) is 1.43. The Balaban J connectivity index is 1.42. The lowest BCUT2D eigenvalue weighted by molar-refractivity contribution is -0.135. The van der Waals surface area contributed by atoms with E-state index >= 15 is 0 Å². The quantitative estimate of drug-likeness (QED) is 0.832. The van der Waals surface area contributed by atoms with E-state index in [0.717, 1.165) is 38.4 Å². The molecular weight excluding hydrogens is 340 g/mol. The van der Waals surface area contributed by atoms with Crippen LogP contribution in [0.3, 0.4) is 0 Å². The molecule has 0 radical (unpaired) electrons. The van der Waals surface area contributed by atoms with Gasteiger partial charge in [0.25, 0.3) is 0 Å². The number of anilines is 1. The molecule has 2 atom stereocenters. The molecule has 132 valence electrons. The van der Waals surface area contributed by atoms with E-state index in [4.69, 9.17) is 11.6 Å². The number of rotatable bonds is 4. The number of aryl methyl sites for hydroxylation is 1. The summed E-state index contributed by atoms with van der Waals surface area (Å²) < 4.78 is 1.72. The fraction of sp³-hybridized carbons (Fsp3) is 0.529. The lowest BCUT2D eigenvalue weighted by atomic mass is 9.95. The largest absolute Gasteiger partial charge is 0.338 e. The molecule has 3 aliphatic rings. The Kier molecular flexibility index (Phi) is 4.57. The molecule has 3 fully saturated rings. The summed E-state index contributed by atoms with van der Waals surface area (Å²) in [7, 11) is 0. The molecule has 0 spiro atoms. The third-order valence-electron chi connectivity index (χ3n) is 5.03. The van der Waals surface area contributed by atoms with Crippen molar-refractivity contribution in [3.05, 3.63) is 35.9 Å². The normalized spacial score (nSPS) is 22.9. The number of amides is 1. The molecule has 25 heavy (non-hydrogen) atoms. The number of nitrogens with zero attached hydrogens (tertiary/aromatic N) is 6. The van der Waals surface area contributed by atoms with Crippen LogP contribution in [-0.4, -0.2) is 56.2 Å². The van der Waals surface area contributed by atoms with E-state index in [1.165, 1.54) is 0 Å². The van der Waals surface area contributed by atoms with Gasteiger partial charge in [0.15, 0.2) is 0 Å². The van der Waals surface area contributed by atoms with E-state index in [9.17, 15) is 4.79 Å². The van der Waals surface area contributed by atoms with Gasteiger partial charge < -0.3 is 9.80 Å². The number of fused-ring (bicyclic) bond motifs is 4. The summed E-state index contributed by atoms with van der Waals surface area (Å²) in [6.07, 6.45) is 9.54. The Morgan fingerprint density at radius 2 is 2.04 bits per heavy atom. The standard InChI is InChI=1S/C17H21ClN6O/c18-14-8-21-23(11-14)7-4-16(25)24-10-13-2-3-15(24)12-22(9-13)17-19-5-1-6-20-17/h1,5-6,8,11,13,15H,2-4,7,9-10,12H2. The van der Waals surface area contributed by atoms with Crippen LogP contribution in [0, 0.1) is 5.92 Å². The number of carbonyl (C=O) groups is 1. The fourth-order valence-electron chi connectivity index (χ4n) is 3.82. The highest BCUT2D eigenvalue weighted by Crippen LogP contribution is 2.29. The van der Waals surface area contributed by atoms with Gasteiger partial charge in [0.1, 0.15) is 0 Å². The predicted molar refractivity (Wildman–Crippen MR) is 94.3 cm³/mol. The summed E-state index contributed by atoms with van der Waals surface area (Å²) in [5, 5.41) is 4.74. The molecule has 5 rings (SSSR count). The minimum absolute atomic E-state index is 0.192. The average Bonchev–Trinajstić information content (AvgIpc) is 2.85. The summed E-state index contributed by atoms with van der Waals surface area (Å²) in [6.45, 7) is 3.11. The Morgan fingerprint density at radius 3 is 2.80 bits per heavy atom. The maximum Gasteiger partial charge on any atom is 0.225 e. The van der Waals surface area contributed by atoms with Crippen molar-refractivity contribution in [3.8, 4) is 0 Å². The zero-order chi connectivity index (χ0) is 17.2.